The maximum absolute atomic E-state index is 11.9. The second kappa shape index (κ2) is 5.14. The average molecular weight is 254 g/mol. The zero-order chi connectivity index (χ0) is 12.3. The Bertz CT molecular complexity index is 450. The second-order valence-corrected chi connectivity index (χ2v) is 4.22. The van der Waals surface area contributed by atoms with Crippen molar-refractivity contribution >= 4 is 23.4 Å². The number of carbonyl (C=O) groups excluding carboxylic acids is 2. The summed E-state index contributed by atoms with van der Waals surface area (Å²) < 4.78 is 0. The van der Waals surface area contributed by atoms with E-state index in [4.69, 9.17) is 11.6 Å². The molecule has 1 unspecified atom stereocenters. The molecular weight excluding hydrogens is 242 g/mol. The van der Waals surface area contributed by atoms with Crippen LogP contribution in [0.5, 0.6) is 0 Å². The van der Waals surface area contributed by atoms with Crippen molar-refractivity contribution in [3.05, 3.63) is 29.0 Å². The van der Waals surface area contributed by atoms with E-state index in [0.29, 0.717) is 18.0 Å². The highest BCUT2D eigenvalue weighted by molar-refractivity contribution is 6.33. The number of piperidine rings is 1. The third-order valence-corrected chi connectivity index (χ3v) is 2.93. The molecule has 2 N–H and O–H groups in total. The molecule has 1 atom stereocenters. The molecule has 1 saturated heterocycles. The first-order valence-electron chi connectivity index (χ1n) is 5.36. The first-order chi connectivity index (χ1) is 8.18. The van der Waals surface area contributed by atoms with Gasteiger partial charge < -0.3 is 10.6 Å². The molecule has 17 heavy (non-hydrogen) atoms. The third-order valence-electron chi connectivity index (χ3n) is 2.60. The highest BCUT2D eigenvalue weighted by Crippen LogP contribution is 2.14. The SMILES string of the molecule is O=C(NC1CCCNC1=O)c1cnccc1Cl. The molecule has 1 aromatic heterocycles. The standard InChI is InChI=1S/C11H12ClN3O2/c12-8-3-5-13-6-7(8)10(16)15-9-2-1-4-14-11(9)17/h3,5-6,9H,1-2,4H2,(H,14,17)(H,15,16). The summed E-state index contributed by atoms with van der Waals surface area (Å²) in [6.07, 6.45) is 4.40. The molecule has 0 bridgehead atoms. The van der Waals surface area contributed by atoms with Crippen molar-refractivity contribution in [2.45, 2.75) is 18.9 Å². The van der Waals surface area contributed by atoms with Crippen LogP contribution in [-0.2, 0) is 4.79 Å². The van der Waals surface area contributed by atoms with Crippen molar-refractivity contribution in [1.29, 1.82) is 0 Å². The minimum Gasteiger partial charge on any atom is -0.354 e. The van der Waals surface area contributed by atoms with Crippen molar-refractivity contribution in [1.82, 2.24) is 15.6 Å². The van der Waals surface area contributed by atoms with Gasteiger partial charge in [-0.2, -0.15) is 0 Å². The third kappa shape index (κ3) is 2.74. The van der Waals surface area contributed by atoms with E-state index < -0.39 is 6.04 Å². The van der Waals surface area contributed by atoms with Crippen LogP contribution in [0.1, 0.15) is 23.2 Å². The molecule has 1 fully saturated rings. The van der Waals surface area contributed by atoms with Crippen LogP contribution in [-0.4, -0.2) is 29.4 Å². The summed E-state index contributed by atoms with van der Waals surface area (Å²) in [6.45, 7) is 0.666. The Balaban J connectivity index is 2.06. The lowest BCUT2D eigenvalue weighted by Crippen LogP contribution is -2.50. The summed E-state index contributed by atoms with van der Waals surface area (Å²) in [5, 5.41) is 5.68. The number of pyridine rings is 1. The van der Waals surface area contributed by atoms with Crippen LogP contribution in [0.3, 0.4) is 0 Å². The number of aromatic nitrogens is 1. The predicted molar refractivity (Wildman–Crippen MR) is 62.7 cm³/mol. The van der Waals surface area contributed by atoms with Crippen LogP contribution < -0.4 is 10.6 Å². The van der Waals surface area contributed by atoms with Gasteiger partial charge in [-0.15, -0.1) is 0 Å². The fourth-order valence-corrected chi connectivity index (χ4v) is 1.88. The first kappa shape index (κ1) is 11.9. The minimum absolute atomic E-state index is 0.149. The Kier molecular flexibility index (Phi) is 3.58. The van der Waals surface area contributed by atoms with E-state index >= 15 is 0 Å². The van der Waals surface area contributed by atoms with Crippen LogP contribution >= 0.6 is 11.6 Å². The number of carbonyl (C=O) groups is 2. The molecule has 0 radical (unpaired) electrons. The quantitative estimate of drug-likeness (QED) is 0.817. The lowest BCUT2D eigenvalue weighted by atomic mass is 10.1. The van der Waals surface area contributed by atoms with Gasteiger partial charge in [-0.25, -0.2) is 0 Å². The van der Waals surface area contributed by atoms with Gasteiger partial charge >= 0.3 is 0 Å². The van der Waals surface area contributed by atoms with Crippen LogP contribution in [0.15, 0.2) is 18.5 Å². The second-order valence-electron chi connectivity index (χ2n) is 3.81. The molecule has 2 heterocycles. The van der Waals surface area contributed by atoms with Gasteiger partial charge in [0, 0.05) is 18.9 Å². The summed E-state index contributed by atoms with van der Waals surface area (Å²) in [6, 6.07) is 1.06. The van der Waals surface area contributed by atoms with Gasteiger partial charge in [0.25, 0.3) is 5.91 Å². The topological polar surface area (TPSA) is 71.1 Å². The molecule has 2 rings (SSSR count). The number of halogens is 1. The smallest absolute Gasteiger partial charge is 0.255 e. The van der Waals surface area contributed by atoms with Gasteiger partial charge in [-0.3, -0.25) is 14.6 Å². The molecule has 6 heteroatoms. The molecule has 1 aromatic rings. The summed E-state index contributed by atoms with van der Waals surface area (Å²) in [5.41, 5.74) is 0.285. The first-order valence-corrected chi connectivity index (χ1v) is 5.74. The summed E-state index contributed by atoms with van der Waals surface area (Å²) in [5.74, 6) is -0.519. The van der Waals surface area contributed by atoms with Gasteiger partial charge in [-0.1, -0.05) is 11.6 Å². The summed E-state index contributed by atoms with van der Waals surface area (Å²) in [7, 11) is 0. The maximum atomic E-state index is 11.9. The van der Waals surface area contributed by atoms with Crippen molar-refractivity contribution in [2.24, 2.45) is 0 Å². The molecule has 0 aliphatic carbocycles. The number of hydrogen-bond acceptors (Lipinski definition) is 3. The Morgan fingerprint density at radius 3 is 3.12 bits per heavy atom. The Morgan fingerprint density at radius 1 is 1.59 bits per heavy atom. The molecule has 2 amide bonds. The Hall–Kier alpha value is -1.62. The molecule has 0 saturated carbocycles. The number of nitrogens with zero attached hydrogens (tertiary/aromatic N) is 1. The molecule has 0 spiro atoms. The van der Waals surface area contributed by atoms with Crippen molar-refractivity contribution in [3.8, 4) is 0 Å². The maximum Gasteiger partial charge on any atom is 0.255 e. The molecule has 90 valence electrons. The minimum atomic E-state index is -0.479. The Morgan fingerprint density at radius 2 is 2.41 bits per heavy atom. The number of hydrogen-bond donors (Lipinski definition) is 2. The van der Waals surface area contributed by atoms with E-state index in [-0.39, 0.29) is 17.4 Å². The monoisotopic (exact) mass is 253 g/mol. The van der Waals surface area contributed by atoms with E-state index in [1.807, 2.05) is 0 Å². The lowest BCUT2D eigenvalue weighted by molar-refractivity contribution is -0.124. The van der Waals surface area contributed by atoms with E-state index in [1.165, 1.54) is 18.5 Å². The average Bonchev–Trinajstić information content (AvgIpc) is 2.32. The van der Waals surface area contributed by atoms with E-state index in [9.17, 15) is 9.59 Å². The Labute approximate surface area is 104 Å². The van der Waals surface area contributed by atoms with E-state index in [1.54, 1.807) is 0 Å². The van der Waals surface area contributed by atoms with Crippen molar-refractivity contribution < 1.29 is 9.59 Å². The fourth-order valence-electron chi connectivity index (χ4n) is 1.69. The van der Waals surface area contributed by atoms with Crippen LogP contribution in [0.4, 0.5) is 0 Å². The van der Waals surface area contributed by atoms with Crippen LogP contribution in [0, 0.1) is 0 Å². The normalized spacial score (nSPS) is 19.6. The van der Waals surface area contributed by atoms with E-state index in [2.05, 4.69) is 15.6 Å². The zero-order valence-electron chi connectivity index (χ0n) is 9.07. The molecule has 1 aliphatic rings. The number of rotatable bonds is 2. The zero-order valence-corrected chi connectivity index (χ0v) is 9.83. The van der Waals surface area contributed by atoms with Gasteiger partial charge in [-0.05, 0) is 18.9 Å². The lowest BCUT2D eigenvalue weighted by Gasteiger charge is -2.22. The molecular formula is C11H12ClN3O2. The fraction of sp³-hybridized carbons (Fsp3) is 0.364. The van der Waals surface area contributed by atoms with E-state index in [0.717, 1.165) is 6.42 Å². The highest BCUT2D eigenvalue weighted by Gasteiger charge is 2.24. The van der Waals surface area contributed by atoms with Crippen LogP contribution in [0.25, 0.3) is 0 Å². The van der Waals surface area contributed by atoms with Crippen molar-refractivity contribution in [3.63, 3.8) is 0 Å². The van der Waals surface area contributed by atoms with Gasteiger partial charge in [0.15, 0.2) is 0 Å². The molecule has 5 nitrogen and oxygen atoms in total. The highest BCUT2D eigenvalue weighted by atomic mass is 35.5. The van der Waals surface area contributed by atoms with Crippen molar-refractivity contribution in [2.75, 3.05) is 6.54 Å². The summed E-state index contributed by atoms with van der Waals surface area (Å²) >= 11 is 5.87. The number of amides is 2. The van der Waals surface area contributed by atoms with Gasteiger partial charge in [0.1, 0.15) is 6.04 Å². The van der Waals surface area contributed by atoms with Gasteiger partial charge in [0.05, 0.1) is 10.6 Å². The predicted octanol–water partition coefficient (Wildman–Crippen LogP) is 0.743. The summed E-state index contributed by atoms with van der Waals surface area (Å²) in [4.78, 5) is 27.2. The molecule has 1 aliphatic heterocycles. The molecule has 0 aromatic carbocycles. The largest absolute Gasteiger partial charge is 0.354 e. The van der Waals surface area contributed by atoms with Gasteiger partial charge in [0.2, 0.25) is 5.91 Å². The number of nitrogens with one attached hydrogen (secondary N) is 2. The van der Waals surface area contributed by atoms with Crippen LogP contribution in [0.2, 0.25) is 5.02 Å².